The van der Waals surface area contributed by atoms with Crippen molar-refractivity contribution >= 4 is 5.91 Å². The second kappa shape index (κ2) is 8.36. The number of carbonyl (C=O) groups is 1. The first-order valence-electron chi connectivity index (χ1n) is 10.2. The van der Waals surface area contributed by atoms with Gasteiger partial charge in [0.15, 0.2) is 0 Å². The minimum absolute atomic E-state index is 0.0679. The Morgan fingerprint density at radius 3 is 2.62 bits per heavy atom. The Balaban J connectivity index is 1.48. The van der Waals surface area contributed by atoms with Gasteiger partial charge in [0.1, 0.15) is 0 Å². The summed E-state index contributed by atoms with van der Waals surface area (Å²) in [6.07, 6.45) is 0.536. The molecule has 0 saturated carbocycles. The first-order chi connectivity index (χ1) is 14.1. The highest BCUT2D eigenvalue weighted by atomic mass is 16.5. The van der Waals surface area contributed by atoms with Crippen LogP contribution in [0.15, 0.2) is 54.6 Å². The van der Waals surface area contributed by atoms with Gasteiger partial charge in [-0.1, -0.05) is 42.5 Å². The Hall–Kier alpha value is -2.68. The molecule has 2 aromatic rings. The SMILES string of the molecule is C[C@@H](c1ccccc1)N1C[C@]2(COCCN(Cc3ccc(C#N)cc3)C2)CC1=O. The van der Waals surface area contributed by atoms with Gasteiger partial charge in [0, 0.05) is 38.0 Å². The van der Waals surface area contributed by atoms with Crippen LogP contribution >= 0.6 is 0 Å². The van der Waals surface area contributed by atoms with Gasteiger partial charge in [-0.05, 0) is 30.2 Å². The van der Waals surface area contributed by atoms with Gasteiger partial charge in [0.2, 0.25) is 5.91 Å². The lowest BCUT2D eigenvalue weighted by Crippen LogP contribution is -2.40. The number of hydrogen-bond acceptors (Lipinski definition) is 4. The zero-order valence-corrected chi connectivity index (χ0v) is 16.9. The van der Waals surface area contributed by atoms with Crippen molar-refractivity contribution in [3.63, 3.8) is 0 Å². The minimum Gasteiger partial charge on any atom is -0.379 e. The van der Waals surface area contributed by atoms with Gasteiger partial charge in [-0.2, -0.15) is 5.26 Å². The molecule has 2 heterocycles. The number of hydrogen-bond donors (Lipinski definition) is 0. The summed E-state index contributed by atoms with van der Waals surface area (Å²) >= 11 is 0. The van der Waals surface area contributed by atoms with Crippen LogP contribution in [0.1, 0.15) is 36.1 Å². The number of amides is 1. The van der Waals surface area contributed by atoms with Crippen LogP contribution in [0.25, 0.3) is 0 Å². The van der Waals surface area contributed by atoms with Crippen molar-refractivity contribution < 1.29 is 9.53 Å². The van der Waals surface area contributed by atoms with Gasteiger partial charge in [0.05, 0.1) is 30.9 Å². The van der Waals surface area contributed by atoms with Gasteiger partial charge in [-0.15, -0.1) is 0 Å². The first-order valence-corrected chi connectivity index (χ1v) is 10.2. The summed E-state index contributed by atoms with van der Waals surface area (Å²) in [6.45, 7) is 6.64. The van der Waals surface area contributed by atoms with E-state index in [1.54, 1.807) is 0 Å². The summed E-state index contributed by atoms with van der Waals surface area (Å²) in [4.78, 5) is 17.3. The molecule has 5 heteroatoms. The zero-order valence-electron chi connectivity index (χ0n) is 16.9. The molecule has 0 aromatic heterocycles. The predicted octanol–water partition coefficient (Wildman–Crippen LogP) is 3.37. The van der Waals surface area contributed by atoms with Gasteiger partial charge >= 0.3 is 0 Å². The Morgan fingerprint density at radius 2 is 1.90 bits per heavy atom. The van der Waals surface area contributed by atoms with Crippen molar-refractivity contribution in [2.24, 2.45) is 5.41 Å². The fraction of sp³-hybridized carbons (Fsp3) is 0.417. The van der Waals surface area contributed by atoms with E-state index < -0.39 is 0 Å². The second-order valence-corrected chi connectivity index (χ2v) is 8.36. The third-order valence-corrected chi connectivity index (χ3v) is 6.11. The molecule has 0 bridgehead atoms. The van der Waals surface area contributed by atoms with E-state index in [2.05, 4.69) is 30.0 Å². The van der Waals surface area contributed by atoms with Crippen LogP contribution in [0.5, 0.6) is 0 Å². The predicted molar refractivity (Wildman–Crippen MR) is 111 cm³/mol. The Kier molecular flexibility index (Phi) is 5.66. The summed E-state index contributed by atoms with van der Waals surface area (Å²) in [5.74, 6) is 0.213. The molecule has 0 aliphatic carbocycles. The monoisotopic (exact) mass is 389 g/mol. The van der Waals surface area contributed by atoms with E-state index in [4.69, 9.17) is 10.00 Å². The van der Waals surface area contributed by atoms with Crippen LogP contribution in [0.4, 0.5) is 0 Å². The lowest BCUT2D eigenvalue weighted by atomic mass is 9.87. The summed E-state index contributed by atoms with van der Waals surface area (Å²) in [7, 11) is 0. The van der Waals surface area contributed by atoms with Crippen LogP contribution < -0.4 is 0 Å². The average molecular weight is 389 g/mol. The topological polar surface area (TPSA) is 56.6 Å². The maximum atomic E-state index is 12.9. The summed E-state index contributed by atoms with van der Waals surface area (Å²) in [6, 6.07) is 20.2. The highest BCUT2D eigenvalue weighted by Gasteiger charge is 2.46. The van der Waals surface area contributed by atoms with Crippen LogP contribution in [0.3, 0.4) is 0 Å². The highest BCUT2D eigenvalue weighted by Crippen LogP contribution is 2.38. The van der Waals surface area contributed by atoms with E-state index in [-0.39, 0.29) is 17.4 Å². The fourth-order valence-electron chi connectivity index (χ4n) is 4.55. The molecule has 2 aromatic carbocycles. The lowest BCUT2D eigenvalue weighted by molar-refractivity contribution is -0.129. The molecular formula is C24H27N3O2. The summed E-state index contributed by atoms with van der Waals surface area (Å²) < 4.78 is 5.96. The van der Waals surface area contributed by atoms with E-state index in [0.717, 1.165) is 26.2 Å². The van der Waals surface area contributed by atoms with Crippen LogP contribution in [0, 0.1) is 16.7 Å². The van der Waals surface area contributed by atoms with Gasteiger partial charge in [-0.3, -0.25) is 9.69 Å². The molecule has 0 N–H and O–H groups in total. The maximum absolute atomic E-state index is 12.9. The third kappa shape index (κ3) is 4.34. The van der Waals surface area contributed by atoms with Crippen LogP contribution in [0.2, 0.25) is 0 Å². The molecule has 1 spiro atoms. The van der Waals surface area contributed by atoms with Gasteiger partial charge in [-0.25, -0.2) is 0 Å². The average Bonchev–Trinajstić information content (AvgIpc) is 2.94. The largest absolute Gasteiger partial charge is 0.379 e. The highest BCUT2D eigenvalue weighted by molar-refractivity contribution is 5.80. The molecule has 150 valence electrons. The second-order valence-electron chi connectivity index (χ2n) is 8.36. The van der Waals surface area contributed by atoms with Gasteiger partial charge < -0.3 is 9.64 Å². The van der Waals surface area contributed by atoms with E-state index in [1.165, 1.54) is 11.1 Å². The van der Waals surface area contributed by atoms with Crippen molar-refractivity contribution in [2.75, 3.05) is 32.8 Å². The molecule has 1 amide bonds. The van der Waals surface area contributed by atoms with Crippen LogP contribution in [-0.4, -0.2) is 48.6 Å². The smallest absolute Gasteiger partial charge is 0.223 e. The number of ether oxygens (including phenoxy) is 1. The lowest BCUT2D eigenvalue weighted by Gasteiger charge is -2.33. The van der Waals surface area contributed by atoms with E-state index >= 15 is 0 Å². The number of benzene rings is 2. The number of likely N-dealkylation sites (tertiary alicyclic amines) is 1. The maximum Gasteiger partial charge on any atom is 0.223 e. The third-order valence-electron chi connectivity index (χ3n) is 6.11. The summed E-state index contributed by atoms with van der Waals surface area (Å²) in [5, 5.41) is 8.99. The molecule has 2 aliphatic heterocycles. The van der Waals surface area contributed by atoms with E-state index in [9.17, 15) is 4.79 Å². The summed E-state index contributed by atoms with van der Waals surface area (Å²) in [5.41, 5.74) is 2.86. The molecule has 0 unspecified atom stereocenters. The number of nitriles is 1. The van der Waals surface area contributed by atoms with E-state index in [0.29, 0.717) is 25.2 Å². The molecule has 5 nitrogen and oxygen atoms in total. The Bertz CT molecular complexity index is 891. The van der Waals surface area contributed by atoms with Crippen molar-refractivity contribution in [2.45, 2.75) is 25.9 Å². The minimum atomic E-state index is -0.163. The quantitative estimate of drug-likeness (QED) is 0.805. The Labute approximate surface area is 172 Å². The van der Waals surface area contributed by atoms with Crippen molar-refractivity contribution in [1.29, 1.82) is 5.26 Å². The molecule has 4 rings (SSSR count). The number of carbonyl (C=O) groups excluding carboxylic acids is 1. The van der Waals surface area contributed by atoms with Crippen molar-refractivity contribution in [1.82, 2.24) is 9.80 Å². The normalized spacial score (nSPS) is 23.7. The molecule has 2 aliphatic rings. The van der Waals surface area contributed by atoms with Crippen LogP contribution in [-0.2, 0) is 16.1 Å². The molecule has 0 radical (unpaired) electrons. The number of nitrogens with zero attached hydrogens (tertiary/aromatic N) is 3. The van der Waals surface area contributed by atoms with Gasteiger partial charge in [0.25, 0.3) is 0 Å². The molecule has 2 saturated heterocycles. The van der Waals surface area contributed by atoms with Crippen molar-refractivity contribution in [3.8, 4) is 6.07 Å². The first kappa shape index (κ1) is 19.6. The Morgan fingerprint density at radius 1 is 1.14 bits per heavy atom. The zero-order chi connectivity index (χ0) is 20.3. The molecule has 2 fully saturated rings. The molecule has 2 atom stereocenters. The van der Waals surface area contributed by atoms with Crippen molar-refractivity contribution in [3.05, 3.63) is 71.3 Å². The molecular weight excluding hydrogens is 362 g/mol. The fourth-order valence-corrected chi connectivity index (χ4v) is 4.55. The molecule has 29 heavy (non-hydrogen) atoms. The van der Waals surface area contributed by atoms with E-state index in [1.807, 2.05) is 47.4 Å². The standard InChI is InChI=1S/C24H27N3O2/c1-19(22-5-3-2-4-6-22)27-17-24(13-23(27)28)16-26(11-12-29-18-24)15-21-9-7-20(14-25)8-10-21/h2-10,19H,11-13,15-18H2,1H3/t19-,24-/m0/s1. The number of rotatable bonds is 4.